The first-order valence-corrected chi connectivity index (χ1v) is 6.36. The zero-order chi connectivity index (χ0) is 14.0. The number of carbonyl (C=O) groups excluding carboxylic acids is 1. The van der Waals surface area contributed by atoms with Gasteiger partial charge in [-0.3, -0.25) is 4.79 Å². The Bertz CT molecular complexity index is 621. The van der Waals surface area contributed by atoms with E-state index >= 15 is 0 Å². The van der Waals surface area contributed by atoms with Gasteiger partial charge in [-0.15, -0.1) is 0 Å². The predicted octanol–water partition coefficient (Wildman–Crippen LogP) is 4.14. The standard InChI is InChI=1S/C14H12Cl2N2O/c1-8-7-9(17)5-6-10(8)14(19)18-13-11(15)3-2-4-12(13)16/h2-7H,17H2,1H3,(H,18,19). The highest BCUT2D eigenvalue weighted by molar-refractivity contribution is 6.40. The van der Waals surface area contributed by atoms with Gasteiger partial charge in [0.2, 0.25) is 0 Å². The lowest BCUT2D eigenvalue weighted by Gasteiger charge is -2.11. The van der Waals surface area contributed by atoms with Crippen LogP contribution in [0.15, 0.2) is 36.4 Å². The number of benzene rings is 2. The average molecular weight is 295 g/mol. The monoisotopic (exact) mass is 294 g/mol. The molecule has 0 saturated heterocycles. The van der Waals surface area contributed by atoms with E-state index in [4.69, 9.17) is 28.9 Å². The topological polar surface area (TPSA) is 55.1 Å². The molecule has 5 heteroatoms. The number of hydrogen-bond acceptors (Lipinski definition) is 2. The van der Waals surface area contributed by atoms with E-state index in [2.05, 4.69) is 5.32 Å². The summed E-state index contributed by atoms with van der Waals surface area (Å²) in [5.41, 5.74) is 8.00. The molecular weight excluding hydrogens is 283 g/mol. The van der Waals surface area contributed by atoms with Crippen LogP contribution in [0.4, 0.5) is 11.4 Å². The Morgan fingerprint density at radius 2 is 1.79 bits per heavy atom. The maximum atomic E-state index is 12.2. The molecule has 1 amide bonds. The van der Waals surface area contributed by atoms with E-state index < -0.39 is 0 Å². The number of nitrogens with two attached hydrogens (primary N) is 1. The van der Waals surface area contributed by atoms with E-state index in [1.165, 1.54) is 0 Å². The molecule has 0 atom stereocenters. The molecule has 19 heavy (non-hydrogen) atoms. The zero-order valence-electron chi connectivity index (χ0n) is 10.2. The number of anilines is 2. The summed E-state index contributed by atoms with van der Waals surface area (Å²) >= 11 is 12.0. The molecule has 0 radical (unpaired) electrons. The molecule has 2 aromatic carbocycles. The summed E-state index contributed by atoms with van der Waals surface area (Å²) in [5.74, 6) is -0.271. The lowest BCUT2D eigenvalue weighted by atomic mass is 10.1. The van der Waals surface area contributed by atoms with Gasteiger partial charge >= 0.3 is 0 Å². The van der Waals surface area contributed by atoms with Gasteiger partial charge in [-0.25, -0.2) is 0 Å². The Balaban J connectivity index is 2.31. The highest BCUT2D eigenvalue weighted by atomic mass is 35.5. The smallest absolute Gasteiger partial charge is 0.256 e. The van der Waals surface area contributed by atoms with Crippen molar-refractivity contribution in [1.82, 2.24) is 0 Å². The molecule has 2 rings (SSSR count). The fourth-order valence-electron chi connectivity index (χ4n) is 1.74. The van der Waals surface area contributed by atoms with E-state index in [0.717, 1.165) is 5.56 Å². The molecule has 0 aromatic heterocycles. The first kappa shape index (κ1) is 13.7. The number of aryl methyl sites for hydroxylation is 1. The van der Waals surface area contributed by atoms with Crippen molar-refractivity contribution < 1.29 is 4.79 Å². The van der Waals surface area contributed by atoms with Gasteiger partial charge in [-0.1, -0.05) is 29.3 Å². The molecule has 0 spiro atoms. The van der Waals surface area contributed by atoms with Crippen LogP contribution in [-0.2, 0) is 0 Å². The Labute approximate surface area is 121 Å². The summed E-state index contributed by atoms with van der Waals surface area (Å²) in [5, 5.41) is 3.51. The van der Waals surface area contributed by atoms with Crippen molar-refractivity contribution in [2.45, 2.75) is 6.92 Å². The van der Waals surface area contributed by atoms with Gasteiger partial charge < -0.3 is 11.1 Å². The third-order valence-corrected chi connectivity index (χ3v) is 3.33. The number of nitrogen functional groups attached to an aromatic ring is 1. The zero-order valence-corrected chi connectivity index (χ0v) is 11.7. The van der Waals surface area contributed by atoms with E-state index in [9.17, 15) is 4.79 Å². The SMILES string of the molecule is Cc1cc(N)ccc1C(=O)Nc1c(Cl)cccc1Cl. The summed E-state index contributed by atoms with van der Waals surface area (Å²) in [7, 11) is 0. The molecule has 3 nitrogen and oxygen atoms in total. The normalized spacial score (nSPS) is 10.3. The summed E-state index contributed by atoms with van der Waals surface area (Å²) in [4.78, 5) is 12.2. The van der Waals surface area contributed by atoms with E-state index in [1.54, 1.807) is 36.4 Å². The van der Waals surface area contributed by atoms with Crippen molar-refractivity contribution in [2.24, 2.45) is 0 Å². The van der Waals surface area contributed by atoms with E-state index in [-0.39, 0.29) is 5.91 Å². The van der Waals surface area contributed by atoms with Crippen LogP contribution < -0.4 is 11.1 Å². The van der Waals surface area contributed by atoms with Crippen LogP contribution in [-0.4, -0.2) is 5.91 Å². The number of hydrogen-bond donors (Lipinski definition) is 2. The Morgan fingerprint density at radius 1 is 1.16 bits per heavy atom. The molecule has 0 heterocycles. The fraction of sp³-hybridized carbons (Fsp3) is 0.0714. The Hall–Kier alpha value is -1.71. The van der Waals surface area contributed by atoms with Crippen LogP contribution in [0.2, 0.25) is 10.0 Å². The molecule has 0 aliphatic rings. The second kappa shape index (κ2) is 5.51. The van der Waals surface area contributed by atoms with Crippen molar-refractivity contribution >= 4 is 40.5 Å². The molecule has 3 N–H and O–H groups in total. The molecule has 0 fully saturated rings. The summed E-state index contributed by atoms with van der Waals surface area (Å²) < 4.78 is 0. The molecule has 0 aliphatic carbocycles. The van der Waals surface area contributed by atoms with E-state index in [0.29, 0.717) is 27.0 Å². The lowest BCUT2D eigenvalue weighted by Crippen LogP contribution is -2.14. The van der Waals surface area contributed by atoms with Crippen molar-refractivity contribution in [3.8, 4) is 0 Å². The third kappa shape index (κ3) is 3.00. The molecule has 0 unspecified atom stereocenters. The van der Waals surface area contributed by atoms with Crippen LogP contribution in [0.25, 0.3) is 0 Å². The van der Waals surface area contributed by atoms with Gasteiger partial charge in [0.25, 0.3) is 5.91 Å². The molecule has 98 valence electrons. The maximum absolute atomic E-state index is 12.2. The molecule has 0 bridgehead atoms. The number of para-hydroxylation sites is 1. The average Bonchev–Trinajstić information content (AvgIpc) is 2.33. The maximum Gasteiger partial charge on any atom is 0.256 e. The minimum atomic E-state index is -0.271. The highest BCUT2D eigenvalue weighted by Gasteiger charge is 2.13. The number of rotatable bonds is 2. The molecular formula is C14H12Cl2N2O. The minimum absolute atomic E-state index is 0.271. The van der Waals surface area contributed by atoms with Crippen LogP contribution in [0.5, 0.6) is 0 Å². The Morgan fingerprint density at radius 3 is 2.37 bits per heavy atom. The van der Waals surface area contributed by atoms with Gasteiger partial charge in [-0.05, 0) is 42.8 Å². The Kier molecular flexibility index (Phi) is 3.98. The molecule has 0 aliphatic heterocycles. The number of nitrogens with one attached hydrogen (secondary N) is 1. The molecule has 0 saturated carbocycles. The minimum Gasteiger partial charge on any atom is -0.399 e. The van der Waals surface area contributed by atoms with Gasteiger partial charge in [0.1, 0.15) is 0 Å². The number of carbonyl (C=O) groups is 1. The van der Waals surface area contributed by atoms with E-state index in [1.807, 2.05) is 6.92 Å². The fourth-order valence-corrected chi connectivity index (χ4v) is 2.23. The second-order valence-electron chi connectivity index (χ2n) is 4.13. The number of halogens is 2. The first-order chi connectivity index (χ1) is 8.99. The van der Waals surface area contributed by atoms with Crippen LogP contribution >= 0.6 is 23.2 Å². The third-order valence-electron chi connectivity index (χ3n) is 2.70. The van der Waals surface area contributed by atoms with Gasteiger partial charge in [-0.2, -0.15) is 0 Å². The van der Waals surface area contributed by atoms with Gasteiger partial charge in [0.15, 0.2) is 0 Å². The van der Waals surface area contributed by atoms with Crippen LogP contribution in [0.1, 0.15) is 15.9 Å². The number of amides is 1. The lowest BCUT2D eigenvalue weighted by molar-refractivity contribution is 0.102. The highest BCUT2D eigenvalue weighted by Crippen LogP contribution is 2.30. The summed E-state index contributed by atoms with van der Waals surface area (Å²) in [6.07, 6.45) is 0. The summed E-state index contributed by atoms with van der Waals surface area (Å²) in [6, 6.07) is 10.1. The second-order valence-corrected chi connectivity index (χ2v) is 4.94. The molecule has 2 aromatic rings. The van der Waals surface area contributed by atoms with Crippen molar-refractivity contribution in [3.05, 3.63) is 57.6 Å². The summed E-state index contributed by atoms with van der Waals surface area (Å²) in [6.45, 7) is 1.82. The van der Waals surface area contributed by atoms with Crippen LogP contribution in [0, 0.1) is 6.92 Å². The largest absolute Gasteiger partial charge is 0.399 e. The van der Waals surface area contributed by atoms with Gasteiger partial charge in [0, 0.05) is 11.3 Å². The van der Waals surface area contributed by atoms with Crippen LogP contribution in [0.3, 0.4) is 0 Å². The first-order valence-electron chi connectivity index (χ1n) is 5.60. The van der Waals surface area contributed by atoms with Crippen molar-refractivity contribution in [1.29, 1.82) is 0 Å². The van der Waals surface area contributed by atoms with Crippen molar-refractivity contribution in [2.75, 3.05) is 11.1 Å². The van der Waals surface area contributed by atoms with Gasteiger partial charge in [0.05, 0.1) is 15.7 Å². The quantitative estimate of drug-likeness (QED) is 0.818. The predicted molar refractivity (Wildman–Crippen MR) is 80.0 cm³/mol. The van der Waals surface area contributed by atoms with Crippen molar-refractivity contribution in [3.63, 3.8) is 0 Å².